The first kappa shape index (κ1) is 14.1. The number of hydrogen-bond acceptors (Lipinski definition) is 2. The zero-order chi connectivity index (χ0) is 13.7. The van der Waals surface area contributed by atoms with Crippen LogP contribution in [0, 0.1) is 3.57 Å². The van der Waals surface area contributed by atoms with Gasteiger partial charge in [0.15, 0.2) is 5.11 Å². The maximum Gasteiger partial charge on any atom is 0.175 e. The third-order valence-electron chi connectivity index (χ3n) is 2.45. The van der Waals surface area contributed by atoms with Crippen LogP contribution < -0.4 is 15.4 Å². The number of ether oxygens (including phenoxy) is 1. The van der Waals surface area contributed by atoms with E-state index in [1.807, 2.05) is 48.5 Å². The summed E-state index contributed by atoms with van der Waals surface area (Å²) in [6.07, 6.45) is 0. The number of benzene rings is 2. The lowest BCUT2D eigenvalue weighted by Gasteiger charge is -2.12. The Bertz CT molecular complexity index is 589. The van der Waals surface area contributed by atoms with E-state index in [0.29, 0.717) is 5.11 Å². The molecule has 19 heavy (non-hydrogen) atoms. The Morgan fingerprint density at radius 1 is 1.11 bits per heavy atom. The van der Waals surface area contributed by atoms with E-state index >= 15 is 0 Å². The minimum Gasteiger partial charge on any atom is -0.497 e. The summed E-state index contributed by atoms with van der Waals surface area (Å²) in [4.78, 5) is 0. The summed E-state index contributed by atoms with van der Waals surface area (Å²) in [5.74, 6) is 0.794. The second-order valence-electron chi connectivity index (χ2n) is 3.79. The summed E-state index contributed by atoms with van der Waals surface area (Å²) < 4.78 is 6.29. The molecule has 98 valence electrons. The summed E-state index contributed by atoms with van der Waals surface area (Å²) >= 11 is 7.56. The molecule has 0 spiro atoms. The number of anilines is 2. The fraction of sp³-hybridized carbons (Fsp3) is 0.0714. The van der Waals surface area contributed by atoms with Gasteiger partial charge in [-0.3, -0.25) is 0 Å². The molecule has 2 aromatic rings. The van der Waals surface area contributed by atoms with Gasteiger partial charge in [0, 0.05) is 15.3 Å². The van der Waals surface area contributed by atoms with Crippen molar-refractivity contribution in [1.29, 1.82) is 0 Å². The SMILES string of the molecule is COc1cccc(NC(=S)Nc2ccccc2I)c1. The summed E-state index contributed by atoms with van der Waals surface area (Å²) in [6.45, 7) is 0. The molecule has 0 atom stereocenters. The van der Waals surface area contributed by atoms with Crippen LogP contribution in [-0.2, 0) is 0 Å². The van der Waals surface area contributed by atoms with Gasteiger partial charge in [-0.05, 0) is 59.1 Å². The van der Waals surface area contributed by atoms with Crippen LogP contribution in [0.3, 0.4) is 0 Å². The van der Waals surface area contributed by atoms with Crippen molar-refractivity contribution in [3.63, 3.8) is 0 Å². The summed E-state index contributed by atoms with van der Waals surface area (Å²) in [6, 6.07) is 15.6. The largest absolute Gasteiger partial charge is 0.497 e. The van der Waals surface area contributed by atoms with E-state index in [0.717, 1.165) is 20.7 Å². The highest BCUT2D eigenvalue weighted by atomic mass is 127. The van der Waals surface area contributed by atoms with Gasteiger partial charge >= 0.3 is 0 Å². The van der Waals surface area contributed by atoms with Crippen molar-refractivity contribution in [1.82, 2.24) is 0 Å². The van der Waals surface area contributed by atoms with E-state index < -0.39 is 0 Å². The van der Waals surface area contributed by atoms with Crippen molar-refractivity contribution in [2.24, 2.45) is 0 Å². The van der Waals surface area contributed by atoms with E-state index in [1.165, 1.54) is 0 Å². The number of hydrogen-bond donors (Lipinski definition) is 2. The normalized spacial score (nSPS) is 9.79. The summed E-state index contributed by atoms with van der Waals surface area (Å²) in [5, 5.41) is 6.85. The Morgan fingerprint density at radius 2 is 1.89 bits per heavy atom. The number of thiocarbonyl (C=S) groups is 1. The molecule has 0 radical (unpaired) electrons. The van der Waals surface area contributed by atoms with Crippen LogP contribution in [0.2, 0.25) is 0 Å². The second kappa shape index (κ2) is 6.72. The van der Waals surface area contributed by atoms with Crippen molar-refractivity contribution >= 4 is 51.3 Å². The molecule has 2 aromatic carbocycles. The van der Waals surface area contributed by atoms with E-state index in [9.17, 15) is 0 Å². The smallest absolute Gasteiger partial charge is 0.175 e. The van der Waals surface area contributed by atoms with Gasteiger partial charge in [-0.25, -0.2) is 0 Å². The molecule has 2 N–H and O–H groups in total. The van der Waals surface area contributed by atoms with Crippen molar-refractivity contribution in [2.75, 3.05) is 17.7 Å². The second-order valence-corrected chi connectivity index (χ2v) is 5.36. The van der Waals surface area contributed by atoms with Gasteiger partial charge in [0.05, 0.1) is 12.8 Å². The molecule has 0 saturated carbocycles. The molecule has 2 rings (SSSR count). The van der Waals surface area contributed by atoms with Gasteiger partial charge in [0.2, 0.25) is 0 Å². The molecular formula is C14H13IN2OS. The van der Waals surface area contributed by atoms with Gasteiger partial charge in [-0.1, -0.05) is 18.2 Å². The molecule has 0 aromatic heterocycles. The minimum atomic E-state index is 0.553. The Morgan fingerprint density at radius 3 is 2.63 bits per heavy atom. The lowest BCUT2D eigenvalue weighted by Crippen LogP contribution is -2.19. The van der Waals surface area contributed by atoms with Crippen LogP contribution in [0.15, 0.2) is 48.5 Å². The Hall–Kier alpha value is -1.34. The molecule has 5 heteroatoms. The molecular weight excluding hydrogens is 371 g/mol. The molecule has 0 bridgehead atoms. The molecule has 0 aliphatic rings. The molecule has 0 fully saturated rings. The third kappa shape index (κ3) is 4.07. The first-order valence-electron chi connectivity index (χ1n) is 5.65. The predicted octanol–water partition coefficient (Wildman–Crippen LogP) is 4.11. The number of para-hydroxylation sites is 1. The van der Waals surface area contributed by atoms with E-state index in [4.69, 9.17) is 17.0 Å². The highest BCUT2D eigenvalue weighted by molar-refractivity contribution is 14.1. The monoisotopic (exact) mass is 384 g/mol. The van der Waals surface area contributed by atoms with Gasteiger partial charge in [0.1, 0.15) is 5.75 Å². The van der Waals surface area contributed by atoms with Crippen LogP contribution >= 0.6 is 34.8 Å². The van der Waals surface area contributed by atoms with E-state index in [2.05, 4.69) is 33.2 Å². The molecule has 0 unspecified atom stereocenters. The van der Waals surface area contributed by atoms with E-state index in [1.54, 1.807) is 7.11 Å². The average molecular weight is 384 g/mol. The molecule has 3 nitrogen and oxygen atoms in total. The van der Waals surface area contributed by atoms with Gasteiger partial charge < -0.3 is 15.4 Å². The minimum absolute atomic E-state index is 0.553. The van der Waals surface area contributed by atoms with Crippen LogP contribution in [0.5, 0.6) is 5.75 Å². The highest BCUT2D eigenvalue weighted by Crippen LogP contribution is 2.19. The summed E-state index contributed by atoms with van der Waals surface area (Å²) in [5.41, 5.74) is 1.88. The summed E-state index contributed by atoms with van der Waals surface area (Å²) in [7, 11) is 1.64. The first-order valence-corrected chi connectivity index (χ1v) is 7.14. The molecule has 0 heterocycles. The molecule has 0 aliphatic carbocycles. The van der Waals surface area contributed by atoms with Gasteiger partial charge in [-0.15, -0.1) is 0 Å². The van der Waals surface area contributed by atoms with Crippen molar-refractivity contribution in [2.45, 2.75) is 0 Å². The molecule has 0 saturated heterocycles. The maximum absolute atomic E-state index is 5.29. The fourth-order valence-corrected chi connectivity index (χ4v) is 2.30. The fourth-order valence-electron chi connectivity index (χ4n) is 1.55. The highest BCUT2D eigenvalue weighted by Gasteiger charge is 2.02. The number of methoxy groups -OCH3 is 1. The van der Waals surface area contributed by atoms with Gasteiger partial charge in [0.25, 0.3) is 0 Å². The third-order valence-corrected chi connectivity index (χ3v) is 3.59. The first-order chi connectivity index (χ1) is 9.19. The average Bonchev–Trinajstić information content (AvgIpc) is 2.41. The maximum atomic E-state index is 5.29. The lowest BCUT2D eigenvalue weighted by atomic mass is 10.3. The van der Waals surface area contributed by atoms with Crippen LogP contribution in [0.1, 0.15) is 0 Å². The van der Waals surface area contributed by atoms with Crippen LogP contribution in [-0.4, -0.2) is 12.2 Å². The number of nitrogens with one attached hydrogen (secondary N) is 2. The van der Waals surface area contributed by atoms with E-state index in [-0.39, 0.29) is 0 Å². The van der Waals surface area contributed by atoms with Crippen molar-refractivity contribution in [3.8, 4) is 5.75 Å². The number of halogens is 1. The molecule has 0 amide bonds. The zero-order valence-corrected chi connectivity index (χ0v) is 13.3. The topological polar surface area (TPSA) is 33.3 Å². The zero-order valence-electron chi connectivity index (χ0n) is 10.3. The standard InChI is InChI=1S/C14H13IN2OS/c1-18-11-6-4-5-10(9-11)16-14(19)17-13-8-3-2-7-12(13)15/h2-9H,1H3,(H2,16,17,19). The van der Waals surface area contributed by atoms with Crippen molar-refractivity contribution < 1.29 is 4.74 Å². The van der Waals surface area contributed by atoms with Crippen LogP contribution in [0.25, 0.3) is 0 Å². The van der Waals surface area contributed by atoms with Crippen molar-refractivity contribution in [3.05, 3.63) is 52.1 Å². The predicted molar refractivity (Wildman–Crippen MR) is 92.0 cm³/mol. The molecule has 0 aliphatic heterocycles. The Labute approximate surface area is 131 Å². The Kier molecular flexibility index (Phi) is 4.98. The lowest BCUT2D eigenvalue weighted by molar-refractivity contribution is 0.415. The number of rotatable bonds is 3. The quantitative estimate of drug-likeness (QED) is 0.617. The van der Waals surface area contributed by atoms with Gasteiger partial charge in [-0.2, -0.15) is 0 Å². The van der Waals surface area contributed by atoms with Crippen LogP contribution in [0.4, 0.5) is 11.4 Å². The Balaban J connectivity index is 2.03.